The van der Waals surface area contributed by atoms with Crippen molar-refractivity contribution in [2.24, 2.45) is 0 Å². The highest BCUT2D eigenvalue weighted by Crippen LogP contribution is 2.30. The van der Waals surface area contributed by atoms with Crippen LogP contribution in [0, 0.1) is 0 Å². The van der Waals surface area contributed by atoms with Crippen LogP contribution >= 0.6 is 11.3 Å². The van der Waals surface area contributed by atoms with Crippen molar-refractivity contribution in [1.82, 2.24) is 9.88 Å². The fourth-order valence-corrected chi connectivity index (χ4v) is 5.00. The molecule has 0 amide bonds. The second-order valence-corrected chi connectivity index (χ2v) is 9.93. The maximum absolute atomic E-state index is 11.8. The molecule has 0 unspecified atom stereocenters. The number of nitrogens with zero attached hydrogens (tertiary/aromatic N) is 2. The molecule has 0 fully saturated rings. The van der Waals surface area contributed by atoms with Crippen molar-refractivity contribution < 1.29 is 8.42 Å². The molecular formula is C20H22N2O2S2. The molecule has 0 saturated carbocycles. The molecule has 4 nitrogen and oxygen atoms in total. The Bertz CT molecular complexity index is 1060. The van der Waals surface area contributed by atoms with Gasteiger partial charge in [-0.05, 0) is 67.3 Å². The van der Waals surface area contributed by atoms with Crippen LogP contribution in [0.2, 0.25) is 0 Å². The third-order valence-corrected chi connectivity index (χ3v) is 7.18. The van der Waals surface area contributed by atoms with Crippen LogP contribution in [-0.2, 0) is 22.8 Å². The highest BCUT2D eigenvalue weighted by atomic mass is 32.2. The minimum atomic E-state index is -3.16. The highest BCUT2D eigenvalue weighted by Gasteiger charge is 2.21. The third-order valence-electron chi connectivity index (χ3n) is 5.26. The Morgan fingerprint density at radius 3 is 2.81 bits per heavy atom. The molecule has 4 rings (SSSR count). The Morgan fingerprint density at radius 1 is 1.15 bits per heavy atom. The minimum absolute atomic E-state index is 0.293. The quantitative estimate of drug-likeness (QED) is 0.677. The Morgan fingerprint density at radius 2 is 2.00 bits per heavy atom. The van der Waals surface area contributed by atoms with E-state index in [1.54, 1.807) is 17.4 Å². The van der Waals surface area contributed by atoms with Gasteiger partial charge in [0.1, 0.15) is 0 Å². The Kier molecular flexibility index (Phi) is 4.59. The van der Waals surface area contributed by atoms with E-state index >= 15 is 0 Å². The van der Waals surface area contributed by atoms with Gasteiger partial charge in [0.05, 0.1) is 20.6 Å². The van der Waals surface area contributed by atoms with Crippen LogP contribution in [0.15, 0.2) is 46.8 Å². The second-order valence-electron chi connectivity index (χ2n) is 7.03. The summed E-state index contributed by atoms with van der Waals surface area (Å²) in [6, 6.07) is 12.4. The lowest BCUT2D eigenvalue weighted by Gasteiger charge is -2.28. The van der Waals surface area contributed by atoms with E-state index in [4.69, 9.17) is 0 Å². The molecule has 1 aliphatic rings. The molecule has 0 saturated heterocycles. The van der Waals surface area contributed by atoms with Gasteiger partial charge in [-0.25, -0.2) is 13.4 Å². The summed E-state index contributed by atoms with van der Waals surface area (Å²) in [5, 5.41) is 0. The smallest absolute Gasteiger partial charge is 0.175 e. The lowest BCUT2D eigenvalue weighted by atomic mass is 10.0. The molecule has 0 N–H and O–H groups in total. The molecule has 6 heteroatoms. The number of hydrogen-bond acceptors (Lipinski definition) is 5. The van der Waals surface area contributed by atoms with Gasteiger partial charge in [0.2, 0.25) is 0 Å². The maximum atomic E-state index is 11.8. The van der Waals surface area contributed by atoms with E-state index in [2.05, 4.69) is 35.0 Å². The number of rotatable bonds is 3. The summed E-state index contributed by atoms with van der Waals surface area (Å²) >= 11 is 1.67. The molecular weight excluding hydrogens is 364 g/mol. The Hall–Kier alpha value is -1.76. The fourth-order valence-electron chi connectivity index (χ4n) is 3.67. The first-order valence-corrected chi connectivity index (χ1v) is 11.6. The number of benzene rings is 2. The van der Waals surface area contributed by atoms with Gasteiger partial charge in [0, 0.05) is 18.8 Å². The van der Waals surface area contributed by atoms with E-state index < -0.39 is 9.84 Å². The Balaban J connectivity index is 1.62. The predicted molar refractivity (Wildman–Crippen MR) is 106 cm³/mol. The highest BCUT2D eigenvalue weighted by molar-refractivity contribution is 7.90. The maximum Gasteiger partial charge on any atom is 0.175 e. The van der Waals surface area contributed by atoms with Crippen LogP contribution in [0.5, 0.6) is 0 Å². The third kappa shape index (κ3) is 3.41. The number of fused-ring (bicyclic) bond motifs is 2. The van der Waals surface area contributed by atoms with Gasteiger partial charge in [-0.15, -0.1) is 11.3 Å². The van der Waals surface area contributed by atoms with Gasteiger partial charge >= 0.3 is 0 Å². The van der Waals surface area contributed by atoms with Crippen molar-refractivity contribution in [1.29, 1.82) is 0 Å². The van der Waals surface area contributed by atoms with E-state index in [0.717, 1.165) is 37.0 Å². The van der Waals surface area contributed by atoms with Crippen molar-refractivity contribution in [2.75, 3.05) is 12.8 Å². The topological polar surface area (TPSA) is 50.3 Å². The number of aromatic nitrogens is 1. The lowest BCUT2D eigenvalue weighted by molar-refractivity contribution is 0.205. The van der Waals surface area contributed by atoms with Crippen LogP contribution < -0.4 is 0 Å². The molecule has 26 heavy (non-hydrogen) atoms. The minimum Gasteiger partial charge on any atom is -0.292 e. The molecule has 1 atom stereocenters. The van der Waals surface area contributed by atoms with Crippen LogP contribution in [0.4, 0.5) is 0 Å². The zero-order chi connectivity index (χ0) is 18.3. The standard InChI is InChI=1S/C20H22N2O2S2/c1-14(15-6-8-20-19(11-15)21-13-25-20)22-9-3-4-16-10-18(26(2,23)24)7-5-17(16)12-22/h5-8,10-11,13-14H,3-4,9,12H2,1-2H3/t14-/m1/s1. The van der Waals surface area contributed by atoms with Crippen molar-refractivity contribution >= 4 is 31.4 Å². The normalized spacial score (nSPS) is 17.0. The van der Waals surface area contributed by atoms with E-state index in [0.29, 0.717) is 10.9 Å². The zero-order valence-corrected chi connectivity index (χ0v) is 16.6. The molecule has 136 valence electrons. The molecule has 0 aliphatic carbocycles. The average Bonchev–Trinajstić information content (AvgIpc) is 2.97. The fraction of sp³-hybridized carbons (Fsp3) is 0.350. The summed E-state index contributed by atoms with van der Waals surface area (Å²) in [6.07, 6.45) is 3.23. The van der Waals surface area contributed by atoms with Crippen LogP contribution in [0.25, 0.3) is 10.2 Å². The van der Waals surface area contributed by atoms with Crippen molar-refractivity contribution in [3.63, 3.8) is 0 Å². The largest absolute Gasteiger partial charge is 0.292 e. The zero-order valence-electron chi connectivity index (χ0n) is 15.0. The molecule has 1 aliphatic heterocycles. The van der Waals surface area contributed by atoms with Gasteiger partial charge in [-0.1, -0.05) is 12.1 Å². The van der Waals surface area contributed by atoms with Gasteiger partial charge in [0.25, 0.3) is 0 Å². The SMILES string of the molecule is C[C@H](c1ccc2scnc2c1)N1CCCc2cc(S(C)(=O)=O)ccc2C1. The number of hydrogen-bond donors (Lipinski definition) is 0. The molecule has 3 aromatic rings. The first-order valence-electron chi connectivity index (χ1n) is 8.81. The molecule has 1 aromatic heterocycles. The monoisotopic (exact) mass is 386 g/mol. The summed E-state index contributed by atoms with van der Waals surface area (Å²) < 4.78 is 24.9. The van der Waals surface area contributed by atoms with E-state index in [-0.39, 0.29) is 0 Å². The molecule has 0 spiro atoms. The second kappa shape index (κ2) is 6.76. The summed E-state index contributed by atoms with van der Waals surface area (Å²) in [7, 11) is -3.16. The van der Waals surface area contributed by atoms with Crippen molar-refractivity contribution in [3.05, 3.63) is 58.6 Å². The lowest BCUT2D eigenvalue weighted by Crippen LogP contribution is -2.26. The molecule has 0 radical (unpaired) electrons. The van der Waals surface area contributed by atoms with E-state index in [9.17, 15) is 8.42 Å². The summed E-state index contributed by atoms with van der Waals surface area (Å²) in [5.41, 5.74) is 6.63. The van der Waals surface area contributed by atoms with Gasteiger partial charge < -0.3 is 0 Å². The summed E-state index contributed by atoms with van der Waals surface area (Å²) in [6.45, 7) is 4.08. The first kappa shape index (κ1) is 17.6. The van der Waals surface area contributed by atoms with Gasteiger partial charge in [0.15, 0.2) is 9.84 Å². The summed E-state index contributed by atoms with van der Waals surface area (Å²) in [4.78, 5) is 7.33. The average molecular weight is 387 g/mol. The predicted octanol–water partition coefficient (Wildman–Crippen LogP) is 4.21. The molecule has 2 heterocycles. The van der Waals surface area contributed by atoms with Gasteiger partial charge in [-0.3, -0.25) is 4.90 Å². The number of sulfone groups is 1. The summed E-state index contributed by atoms with van der Waals surface area (Å²) in [5.74, 6) is 0. The van der Waals surface area contributed by atoms with Crippen molar-refractivity contribution in [3.8, 4) is 0 Å². The van der Waals surface area contributed by atoms with Crippen LogP contribution in [0.1, 0.15) is 36.1 Å². The Labute approximate surface area is 158 Å². The number of thiazole rings is 1. The molecule has 2 aromatic carbocycles. The van der Waals surface area contributed by atoms with Crippen LogP contribution in [0.3, 0.4) is 0 Å². The number of aryl methyl sites for hydroxylation is 1. The van der Waals surface area contributed by atoms with Gasteiger partial charge in [-0.2, -0.15) is 0 Å². The molecule has 0 bridgehead atoms. The van der Waals surface area contributed by atoms with E-state index in [1.807, 2.05) is 17.6 Å². The van der Waals surface area contributed by atoms with E-state index in [1.165, 1.54) is 22.1 Å². The van der Waals surface area contributed by atoms with Crippen LogP contribution in [-0.4, -0.2) is 31.1 Å². The first-order chi connectivity index (χ1) is 12.4. The van der Waals surface area contributed by atoms with Crippen molar-refractivity contribution in [2.45, 2.75) is 37.2 Å².